The number of thiazole rings is 1. The van der Waals surface area contributed by atoms with Crippen molar-refractivity contribution < 1.29 is 4.74 Å². The van der Waals surface area contributed by atoms with Crippen LogP contribution < -0.4 is 10.1 Å². The van der Waals surface area contributed by atoms with Gasteiger partial charge in [0.05, 0.1) is 18.8 Å². The lowest BCUT2D eigenvalue weighted by Crippen LogP contribution is -2.38. The van der Waals surface area contributed by atoms with Gasteiger partial charge < -0.3 is 15.0 Å². The van der Waals surface area contributed by atoms with E-state index in [1.54, 1.807) is 18.4 Å². The lowest BCUT2D eigenvalue weighted by molar-refractivity contribution is 0.340. The monoisotopic (exact) mass is 346 g/mol. The Hall–Kier alpha value is -2.08. The topological polar surface area (TPSA) is 49.8 Å². The van der Waals surface area contributed by atoms with Crippen LogP contribution in [0.1, 0.15) is 28.1 Å². The van der Waals surface area contributed by atoms with Crippen molar-refractivity contribution in [3.8, 4) is 5.75 Å². The minimum atomic E-state index is 0.686. The average Bonchev–Trinajstić information content (AvgIpc) is 2.88. The van der Waals surface area contributed by atoms with Gasteiger partial charge >= 0.3 is 0 Å². The third kappa shape index (κ3) is 4.96. The molecule has 0 atom stereocenters. The van der Waals surface area contributed by atoms with Crippen LogP contribution in [0.5, 0.6) is 5.75 Å². The maximum atomic E-state index is 5.48. The molecule has 0 amide bonds. The van der Waals surface area contributed by atoms with E-state index in [4.69, 9.17) is 4.74 Å². The van der Waals surface area contributed by atoms with E-state index >= 15 is 0 Å². The van der Waals surface area contributed by atoms with E-state index in [1.165, 1.54) is 10.4 Å². The first-order chi connectivity index (χ1) is 11.5. The molecule has 0 spiro atoms. The van der Waals surface area contributed by atoms with Gasteiger partial charge in [0.15, 0.2) is 5.96 Å². The highest BCUT2D eigenvalue weighted by molar-refractivity contribution is 7.11. The number of nitrogens with zero attached hydrogens (tertiary/aromatic N) is 3. The Kier molecular flexibility index (Phi) is 6.61. The molecule has 5 nitrogen and oxygen atoms in total. The lowest BCUT2D eigenvalue weighted by Gasteiger charge is -2.22. The first-order valence-corrected chi connectivity index (χ1v) is 8.91. The fraction of sp³-hybridized carbons (Fsp3) is 0.444. The summed E-state index contributed by atoms with van der Waals surface area (Å²) >= 11 is 1.73. The molecule has 0 aliphatic heterocycles. The third-order valence-corrected chi connectivity index (χ3v) is 4.77. The Morgan fingerprint density at radius 3 is 2.54 bits per heavy atom. The van der Waals surface area contributed by atoms with Crippen LogP contribution in [0, 0.1) is 13.8 Å². The Morgan fingerprint density at radius 2 is 2.00 bits per heavy atom. The first-order valence-electron chi connectivity index (χ1n) is 8.10. The molecular weight excluding hydrogens is 320 g/mol. The number of benzene rings is 1. The van der Waals surface area contributed by atoms with Gasteiger partial charge in [-0.1, -0.05) is 12.1 Å². The predicted octanol–water partition coefficient (Wildman–Crippen LogP) is 3.37. The van der Waals surface area contributed by atoms with Crippen molar-refractivity contribution >= 4 is 17.3 Å². The number of guanidine groups is 1. The molecule has 130 valence electrons. The molecule has 0 radical (unpaired) electrons. The molecule has 0 unspecified atom stereocenters. The lowest BCUT2D eigenvalue weighted by atomic mass is 10.2. The van der Waals surface area contributed by atoms with Crippen molar-refractivity contribution in [2.75, 3.05) is 20.7 Å². The smallest absolute Gasteiger partial charge is 0.194 e. The number of aliphatic imine (C=N–C) groups is 1. The van der Waals surface area contributed by atoms with E-state index in [9.17, 15) is 0 Å². The second-order valence-electron chi connectivity index (χ2n) is 5.58. The van der Waals surface area contributed by atoms with Gasteiger partial charge in [-0.3, -0.25) is 4.99 Å². The molecule has 24 heavy (non-hydrogen) atoms. The number of aromatic nitrogens is 1. The summed E-state index contributed by atoms with van der Waals surface area (Å²) in [6, 6.07) is 8.18. The van der Waals surface area contributed by atoms with Crippen LogP contribution in [0.25, 0.3) is 0 Å². The third-order valence-electron chi connectivity index (χ3n) is 3.70. The fourth-order valence-corrected chi connectivity index (χ4v) is 3.23. The van der Waals surface area contributed by atoms with E-state index in [1.807, 2.05) is 33.0 Å². The van der Waals surface area contributed by atoms with Crippen LogP contribution in [0.3, 0.4) is 0 Å². The van der Waals surface area contributed by atoms with Gasteiger partial charge in [-0.15, -0.1) is 11.3 Å². The predicted molar refractivity (Wildman–Crippen MR) is 101 cm³/mol. The van der Waals surface area contributed by atoms with Gasteiger partial charge in [0, 0.05) is 25.5 Å². The molecule has 1 aromatic carbocycles. The molecular formula is C18H26N4OS. The van der Waals surface area contributed by atoms with Gasteiger partial charge in [0.2, 0.25) is 0 Å². The SMILES string of the molecule is CCOc1ccc(CN(C)C(=NC)NCc2nc(C)c(C)s2)cc1. The Morgan fingerprint density at radius 1 is 1.29 bits per heavy atom. The van der Waals surface area contributed by atoms with Crippen LogP contribution in [0.2, 0.25) is 0 Å². The highest BCUT2D eigenvalue weighted by Gasteiger charge is 2.09. The van der Waals surface area contributed by atoms with Crippen LogP contribution >= 0.6 is 11.3 Å². The number of ether oxygens (including phenoxy) is 1. The fourth-order valence-electron chi connectivity index (χ4n) is 2.36. The zero-order chi connectivity index (χ0) is 17.5. The molecule has 1 aromatic heterocycles. The van der Waals surface area contributed by atoms with Crippen LogP contribution in [0.15, 0.2) is 29.3 Å². The first kappa shape index (κ1) is 18.3. The summed E-state index contributed by atoms with van der Waals surface area (Å²) in [6.45, 7) is 8.29. The second-order valence-corrected chi connectivity index (χ2v) is 6.87. The molecule has 0 aliphatic rings. The average molecular weight is 347 g/mol. The Labute approximate surface area is 148 Å². The summed E-state index contributed by atoms with van der Waals surface area (Å²) in [5.41, 5.74) is 2.32. The van der Waals surface area contributed by atoms with Gasteiger partial charge in [0.25, 0.3) is 0 Å². The summed E-state index contributed by atoms with van der Waals surface area (Å²) in [4.78, 5) is 12.3. The number of aryl methyl sites for hydroxylation is 2. The van der Waals surface area contributed by atoms with Gasteiger partial charge in [-0.05, 0) is 38.5 Å². The van der Waals surface area contributed by atoms with Crippen LogP contribution in [0.4, 0.5) is 0 Å². The summed E-state index contributed by atoms with van der Waals surface area (Å²) in [6.07, 6.45) is 0. The minimum Gasteiger partial charge on any atom is -0.494 e. The number of hydrogen-bond acceptors (Lipinski definition) is 4. The van der Waals surface area contributed by atoms with E-state index in [2.05, 4.69) is 39.2 Å². The molecule has 1 heterocycles. The van der Waals surface area contributed by atoms with E-state index in [0.717, 1.165) is 29.0 Å². The summed E-state index contributed by atoms with van der Waals surface area (Å²) in [7, 11) is 3.83. The van der Waals surface area contributed by atoms with Crippen molar-refractivity contribution in [2.24, 2.45) is 4.99 Å². The van der Waals surface area contributed by atoms with Crippen molar-refractivity contribution in [1.82, 2.24) is 15.2 Å². The zero-order valence-corrected chi connectivity index (χ0v) is 15.9. The van der Waals surface area contributed by atoms with Gasteiger partial charge in [-0.25, -0.2) is 4.98 Å². The molecule has 2 aromatic rings. The molecule has 0 bridgehead atoms. The molecule has 2 rings (SSSR count). The van der Waals surface area contributed by atoms with Crippen molar-refractivity contribution in [3.63, 3.8) is 0 Å². The van der Waals surface area contributed by atoms with Gasteiger partial charge in [-0.2, -0.15) is 0 Å². The van der Waals surface area contributed by atoms with Crippen LogP contribution in [-0.4, -0.2) is 36.5 Å². The maximum Gasteiger partial charge on any atom is 0.194 e. The molecule has 0 saturated carbocycles. The quantitative estimate of drug-likeness (QED) is 0.644. The molecule has 1 N–H and O–H groups in total. The highest BCUT2D eigenvalue weighted by atomic mass is 32.1. The normalized spacial score (nSPS) is 11.5. The second kappa shape index (κ2) is 8.68. The molecule has 6 heteroatoms. The largest absolute Gasteiger partial charge is 0.494 e. The Balaban J connectivity index is 1.92. The summed E-state index contributed by atoms with van der Waals surface area (Å²) < 4.78 is 5.48. The van der Waals surface area contributed by atoms with Crippen LogP contribution in [-0.2, 0) is 13.1 Å². The summed E-state index contributed by atoms with van der Waals surface area (Å²) in [5, 5.41) is 4.46. The number of nitrogens with one attached hydrogen (secondary N) is 1. The van der Waals surface area contributed by atoms with Crippen molar-refractivity contribution in [2.45, 2.75) is 33.9 Å². The molecule has 0 aliphatic carbocycles. The molecule has 0 fully saturated rings. The number of rotatable bonds is 6. The highest BCUT2D eigenvalue weighted by Crippen LogP contribution is 2.16. The van der Waals surface area contributed by atoms with Gasteiger partial charge in [0.1, 0.15) is 10.8 Å². The summed E-state index contributed by atoms with van der Waals surface area (Å²) in [5.74, 6) is 1.76. The van der Waals surface area contributed by atoms with Crippen molar-refractivity contribution in [1.29, 1.82) is 0 Å². The maximum absolute atomic E-state index is 5.48. The zero-order valence-electron chi connectivity index (χ0n) is 15.1. The van der Waals surface area contributed by atoms with E-state index in [0.29, 0.717) is 13.2 Å². The van der Waals surface area contributed by atoms with E-state index in [-0.39, 0.29) is 0 Å². The Bertz CT molecular complexity index is 659. The van der Waals surface area contributed by atoms with E-state index < -0.39 is 0 Å². The number of hydrogen-bond donors (Lipinski definition) is 1. The van der Waals surface area contributed by atoms with Crippen molar-refractivity contribution in [3.05, 3.63) is 45.4 Å². The standard InChI is InChI=1S/C18H26N4OS/c1-6-23-16-9-7-15(8-10-16)12-22(5)18(19-4)20-11-17-21-13(2)14(3)24-17/h7-10H,6,11-12H2,1-5H3,(H,19,20). The molecule has 0 saturated heterocycles. The minimum absolute atomic E-state index is 0.686.